The third kappa shape index (κ3) is 5.61. The predicted molar refractivity (Wildman–Crippen MR) is 62.4 cm³/mol. The molecule has 0 bridgehead atoms. The highest BCUT2D eigenvalue weighted by molar-refractivity contribution is 8.31. The lowest BCUT2D eigenvalue weighted by molar-refractivity contribution is -0.468. The molecule has 0 N–H and O–H groups in total. The Morgan fingerprint density at radius 3 is 0.548 bits per heavy atom. The van der Waals surface area contributed by atoms with Crippen molar-refractivity contribution in [2.45, 2.75) is 47.9 Å². The monoisotopic (exact) mass is 572 g/mol. The number of rotatable bonds is 5. The van der Waals surface area contributed by atoms with Crippen LogP contribution in [0.5, 0.6) is 0 Å². The molecule has 0 radical (unpaired) electrons. The maximum Gasteiger partial charge on any atom is 0.460 e. The van der Waals surface area contributed by atoms with Crippen LogP contribution in [-0.4, -0.2) is 56.3 Å². The Hall–Kier alpha value is -0.730. The number of halogens is 20. The zero-order valence-electron chi connectivity index (χ0n) is 12.8. The van der Waals surface area contributed by atoms with Gasteiger partial charge in [0, 0.05) is 21.4 Å². The summed E-state index contributed by atoms with van der Waals surface area (Å²) in [7, 11) is 4.81. The molecule has 0 atom stereocenters. The van der Waals surface area contributed by atoms with Gasteiger partial charge in [-0.1, -0.05) is 0 Å². The van der Waals surface area contributed by atoms with Gasteiger partial charge in [-0.3, -0.25) is 0 Å². The summed E-state index contributed by atoms with van der Waals surface area (Å²) in [5.74, 6) is -51.0. The lowest BCUT2D eigenvalue weighted by Gasteiger charge is -2.41. The van der Waals surface area contributed by atoms with Gasteiger partial charge in [-0.2, -0.15) is 87.4 Å². The second-order valence-electron chi connectivity index (χ2n) is 4.82. The van der Waals surface area contributed by atoms with Crippen molar-refractivity contribution >= 4 is 29.6 Å². The Bertz CT molecular complexity index is 679. The van der Waals surface area contributed by atoms with E-state index >= 15 is 0 Å². The summed E-state index contributed by atoms with van der Waals surface area (Å²) in [6, 6.07) is 0. The molecular weight excluding hydrogens is 573 g/mol. The zero-order valence-corrected chi connectivity index (χ0v) is 15.1. The van der Waals surface area contributed by atoms with Crippen LogP contribution in [0.3, 0.4) is 0 Å². The van der Waals surface area contributed by atoms with Crippen molar-refractivity contribution in [1.29, 1.82) is 0 Å². The van der Waals surface area contributed by atoms with Crippen molar-refractivity contribution in [3.8, 4) is 0 Å². The fourth-order valence-electron chi connectivity index (χ4n) is 1.14. The summed E-state index contributed by atoms with van der Waals surface area (Å²) >= 11 is 0. The first-order chi connectivity index (χ1) is 12.8. The van der Waals surface area contributed by atoms with Gasteiger partial charge in [0.05, 0.1) is 0 Å². The van der Waals surface area contributed by atoms with Gasteiger partial charge < -0.3 is 0 Å². The van der Waals surface area contributed by atoms with Crippen LogP contribution in [0, 0.1) is 0 Å². The van der Waals surface area contributed by atoms with Gasteiger partial charge in [0.1, 0.15) is 0 Å². The van der Waals surface area contributed by atoms with Gasteiger partial charge in [-0.15, -0.1) is 0 Å². The van der Waals surface area contributed by atoms with Crippen LogP contribution in [-0.2, 0) is 8.26 Å². The summed E-state index contributed by atoms with van der Waals surface area (Å²) in [6.07, 6.45) is -15.6. The largest absolute Gasteiger partial charge is 0.460 e. The van der Waals surface area contributed by atoms with Crippen LogP contribution in [0.2, 0.25) is 0 Å². The molecule has 190 valence electrons. The molecular formula is C8Cl2F18O2S. The average molecular weight is 573 g/mol. The maximum atomic E-state index is 12.8. The molecule has 0 fully saturated rings. The minimum Gasteiger partial charge on any atom is -0.195 e. The lowest BCUT2D eigenvalue weighted by Crippen LogP contribution is -2.74. The van der Waals surface area contributed by atoms with Gasteiger partial charge in [0.15, 0.2) is 0 Å². The van der Waals surface area contributed by atoms with Crippen LogP contribution in [0.4, 0.5) is 79.0 Å². The standard InChI is InChI=1S/C8F18.Cl2O2S/c9-1(10,3(13,14)5(17,18)7(21,22)23)2(11,12)4(15,16)6(19,20)8(24,25)26;1-5(2,3)4. The van der Waals surface area contributed by atoms with Crippen molar-refractivity contribution in [1.82, 2.24) is 0 Å². The quantitative estimate of drug-likeness (QED) is 0.274. The van der Waals surface area contributed by atoms with Crippen molar-refractivity contribution in [2.75, 3.05) is 0 Å². The van der Waals surface area contributed by atoms with E-state index in [0.29, 0.717) is 0 Å². The summed E-state index contributed by atoms with van der Waals surface area (Å²) in [5.41, 5.74) is 0. The van der Waals surface area contributed by atoms with Crippen molar-refractivity contribution in [3.05, 3.63) is 0 Å². The minimum atomic E-state index is -8.72. The molecule has 0 aliphatic carbocycles. The fraction of sp³-hybridized carbons (Fsp3) is 1.00. The molecule has 0 amide bonds. The molecule has 2 nitrogen and oxygen atoms in total. The predicted octanol–water partition coefficient (Wildman–Crippen LogP) is 6.63. The zero-order chi connectivity index (χ0) is 26.5. The highest BCUT2D eigenvalue weighted by Gasteiger charge is 2.95. The molecule has 0 saturated carbocycles. The van der Waals surface area contributed by atoms with Crippen molar-refractivity contribution in [2.24, 2.45) is 0 Å². The SMILES string of the molecule is FC(F)(F)C(F)(F)C(F)(F)C(F)(F)C(F)(F)C(F)(F)C(F)(F)C(F)(F)F.O=S(=O)(Cl)Cl. The molecule has 0 aromatic carbocycles. The Balaban J connectivity index is 0. The molecule has 0 spiro atoms. The second kappa shape index (κ2) is 8.24. The molecule has 31 heavy (non-hydrogen) atoms. The van der Waals surface area contributed by atoms with Crippen LogP contribution < -0.4 is 0 Å². The molecule has 0 heterocycles. The van der Waals surface area contributed by atoms with Crippen molar-refractivity contribution < 1.29 is 87.4 Å². The fourth-order valence-corrected chi connectivity index (χ4v) is 1.14. The topological polar surface area (TPSA) is 34.1 Å². The smallest absolute Gasteiger partial charge is 0.195 e. The maximum absolute atomic E-state index is 12.8. The van der Waals surface area contributed by atoms with E-state index in [2.05, 4.69) is 21.4 Å². The van der Waals surface area contributed by atoms with Gasteiger partial charge in [0.2, 0.25) is 0 Å². The third-order valence-corrected chi connectivity index (χ3v) is 2.68. The molecule has 0 saturated heterocycles. The highest BCUT2D eigenvalue weighted by atomic mass is 36.0. The van der Waals surface area contributed by atoms with Crippen LogP contribution in [0.25, 0.3) is 0 Å². The van der Waals surface area contributed by atoms with E-state index < -0.39 is 56.2 Å². The molecule has 0 unspecified atom stereocenters. The van der Waals surface area contributed by atoms with Crippen LogP contribution in [0.15, 0.2) is 0 Å². The van der Waals surface area contributed by atoms with Gasteiger partial charge in [-0.05, 0) is 0 Å². The van der Waals surface area contributed by atoms with Crippen molar-refractivity contribution in [3.63, 3.8) is 0 Å². The molecule has 0 rings (SSSR count). The Morgan fingerprint density at radius 1 is 0.355 bits per heavy atom. The third-order valence-electron chi connectivity index (χ3n) is 2.68. The second-order valence-corrected chi connectivity index (χ2v) is 8.49. The normalized spacial score (nSPS) is 16.0. The first-order valence-electron chi connectivity index (χ1n) is 5.79. The average Bonchev–Trinajstić information content (AvgIpc) is 2.41. The number of hydrogen-bond donors (Lipinski definition) is 0. The van der Waals surface area contributed by atoms with E-state index in [1.165, 1.54) is 0 Å². The van der Waals surface area contributed by atoms with E-state index in [9.17, 15) is 79.0 Å². The summed E-state index contributed by atoms with van der Waals surface area (Å²) < 4.78 is 239. The van der Waals surface area contributed by atoms with Gasteiger partial charge in [-0.25, -0.2) is 0 Å². The van der Waals surface area contributed by atoms with E-state index in [1.54, 1.807) is 0 Å². The molecule has 0 aliphatic heterocycles. The molecule has 0 aromatic heterocycles. The van der Waals surface area contributed by atoms with Crippen LogP contribution in [0.1, 0.15) is 0 Å². The summed E-state index contributed by atoms with van der Waals surface area (Å²) in [6.45, 7) is 0. The Labute approximate surface area is 166 Å². The Kier molecular flexibility index (Phi) is 8.63. The molecule has 0 aromatic rings. The minimum absolute atomic E-state index is 3.72. The number of alkyl halides is 18. The van der Waals surface area contributed by atoms with E-state index in [4.69, 9.17) is 8.42 Å². The van der Waals surface area contributed by atoms with Crippen LogP contribution >= 0.6 is 21.4 Å². The summed E-state index contributed by atoms with van der Waals surface area (Å²) in [5, 5.41) is 0. The molecule has 0 aliphatic rings. The van der Waals surface area contributed by atoms with Gasteiger partial charge in [0.25, 0.3) is 0 Å². The van der Waals surface area contributed by atoms with E-state index in [0.717, 1.165) is 0 Å². The lowest BCUT2D eigenvalue weighted by atomic mass is 9.91. The van der Waals surface area contributed by atoms with Gasteiger partial charge >= 0.3 is 56.2 Å². The Morgan fingerprint density at radius 2 is 0.452 bits per heavy atom. The molecule has 23 heteroatoms. The summed E-state index contributed by atoms with van der Waals surface area (Å²) in [4.78, 5) is 0. The highest BCUT2D eigenvalue weighted by Crippen LogP contribution is 2.63. The first kappa shape index (κ1) is 32.4. The number of hydrogen-bond acceptors (Lipinski definition) is 2. The first-order valence-corrected chi connectivity index (χ1v) is 8.93. The van der Waals surface area contributed by atoms with E-state index in [-0.39, 0.29) is 0 Å². The van der Waals surface area contributed by atoms with E-state index in [1.807, 2.05) is 0 Å².